The summed E-state index contributed by atoms with van der Waals surface area (Å²) in [6, 6.07) is 7.56. The Bertz CT molecular complexity index is 607. The van der Waals surface area contributed by atoms with E-state index in [4.69, 9.17) is 4.74 Å². The number of nitrogens with zero attached hydrogens (tertiary/aromatic N) is 1. The fourth-order valence-electron chi connectivity index (χ4n) is 2.55. The first-order chi connectivity index (χ1) is 11.0. The molecule has 0 aromatic heterocycles. The molecule has 1 saturated heterocycles. The number of hydrogen-bond acceptors (Lipinski definition) is 4. The quantitative estimate of drug-likeness (QED) is 0.771. The highest BCUT2D eigenvalue weighted by molar-refractivity contribution is 7.89. The highest BCUT2D eigenvalue weighted by Crippen LogP contribution is 2.13. The van der Waals surface area contributed by atoms with E-state index in [0.717, 1.165) is 24.2 Å². The van der Waals surface area contributed by atoms with Crippen LogP contribution in [0.25, 0.3) is 0 Å². The van der Waals surface area contributed by atoms with Crippen LogP contribution in [0.5, 0.6) is 5.75 Å². The predicted molar refractivity (Wildman–Crippen MR) is 88.9 cm³/mol. The lowest BCUT2D eigenvalue weighted by Crippen LogP contribution is -2.36. The number of amides is 1. The highest BCUT2D eigenvalue weighted by atomic mass is 32.2. The largest absolute Gasteiger partial charge is 0.497 e. The molecule has 6 nitrogen and oxygen atoms in total. The molecule has 2 rings (SSSR count). The Morgan fingerprint density at radius 2 is 1.87 bits per heavy atom. The zero-order valence-corrected chi connectivity index (χ0v) is 14.3. The van der Waals surface area contributed by atoms with Gasteiger partial charge < -0.3 is 10.1 Å². The Kier molecular flexibility index (Phi) is 6.41. The second-order valence-electron chi connectivity index (χ2n) is 5.62. The average molecular weight is 340 g/mol. The number of nitrogens with one attached hydrogen (secondary N) is 1. The van der Waals surface area contributed by atoms with Crippen LogP contribution in [0.2, 0.25) is 0 Å². The summed E-state index contributed by atoms with van der Waals surface area (Å²) in [4.78, 5) is 11.8. The van der Waals surface area contributed by atoms with Gasteiger partial charge in [-0.2, -0.15) is 0 Å². The number of carbonyl (C=O) groups excluding carboxylic acids is 1. The first-order valence-corrected chi connectivity index (χ1v) is 9.49. The molecule has 7 heteroatoms. The van der Waals surface area contributed by atoms with Gasteiger partial charge in [-0.15, -0.1) is 0 Å². The molecule has 0 radical (unpaired) electrons. The maximum Gasteiger partial charge on any atom is 0.220 e. The van der Waals surface area contributed by atoms with Crippen LogP contribution in [0.3, 0.4) is 0 Å². The van der Waals surface area contributed by atoms with Crippen molar-refractivity contribution in [1.29, 1.82) is 0 Å². The van der Waals surface area contributed by atoms with Crippen LogP contribution in [-0.4, -0.2) is 51.1 Å². The van der Waals surface area contributed by atoms with Crippen LogP contribution in [0.1, 0.15) is 24.8 Å². The van der Waals surface area contributed by atoms with Crippen LogP contribution < -0.4 is 10.1 Å². The lowest BCUT2D eigenvalue weighted by Gasteiger charge is -2.15. The van der Waals surface area contributed by atoms with E-state index in [2.05, 4.69) is 5.32 Å². The normalized spacial score (nSPS) is 15.5. The van der Waals surface area contributed by atoms with Gasteiger partial charge in [-0.05, 0) is 37.0 Å². The Morgan fingerprint density at radius 1 is 1.22 bits per heavy atom. The molecule has 1 amide bonds. The summed E-state index contributed by atoms with van der Waals surface area (Å²) in [5.41, 5.74) is 1.05. The molecule has 1 aromatic rings. The molecule has 1 aliphatic rings. The number of ether oxygens (including phenoxy) is 1. The maximum absolute atomic E-state index is 12.0. The Balaban J connectivity index is 1.68. The number of benzene rings is 1. The van der Waals surface area contributed by atoms with Crippen molar-refractivity contribution in [2.75, 3.05) is 32.5 Å². The molecule has 0 spiro atoms. The van der Waals surface area contributed by atoms with Crippen molar-refractivity contribution >= 4 is 15.9 Å². The van der Waals surface area contributed by atoms with Crippen molar-refractivity contribution in [2.45, 2.75) is 25.7 Å². The van der Waals surface area contributed by atoms with E-state index in [-0.39, 0.29) is 18.2 Å². The van der Waals surface area contributed by atoms with E-state index in [0.29, 0.717) is 25.9 Å². The second-order valence-corrected chi connectivity index (χ2v) is 7.71. The summed E-state index contributed by atoms with van der Waals surface area (Å²) in [5.74, 6) is 0.629. The number of carbonyl (C=O) groups is 1. The first-order valence-electron chi connectivity index (χ1n) is 7.89. The van der Waals surface area contributed by atoms with Gasteiger partial charge in [-0.25, -0.2) is 12.7 Å². The fraction of sp³-hybridized carbons (Fsp3) is 0.562. The number of aryl methyl sites for hydroxylation is 1. The molecule has 1 aromatic carbocycles. The van der Waals surface area contributed by atoms with Gasteiger partial charge in [0.2, 0.25) is 15.9 Å². The zero-order valence-electron chi connectivity index (χ0n) is 13.5. The van der Waals surface area contributed by atoms with Crippen LogP contribution in [0.4, 0.5) is 0 Å². The average Bonchev–Trinajstić information content (AvgIpc) is 3.08. The molecular formula is C16H24N2O4S. The van der Waals surface area contributed by atoms with Crippen LogP contribution in [-0.2, 0) is 21.2 Å². The van der Waals surface area contributed by atoms with Crippen molar-refractivity contribution in [3.05, 3.63) is 29.8 Å². The van der Waals surface area contributed by atoms with Crippen molar-refractivity contribution in [3.63, 3.8) is 0 Å². The SMILES string of the molecule is COc1ccc(CCC(=O)NCCS(=O)(=O)N2CCCC2)cc1. The lowest BCUT2D eigenvalue weighted by atomic mass is 10.1. The molecule has 0 saturated carbocycles. The standard InChI is InChI=1S/C16H24N2O4S/c1-22-15-7-4-14(5-8-15)6-9-16(19)17-10-13-23(20,21)18-11-2-3-12-18/h4-5,7-8H,2-3,6,9-13H2,1H3,(H,17,19). The molecule has 1 fully saturated rings. The minimum Gasteiger partial charge on any atom is -0.497 e. The Labute approximate surface area is 137 Å². The third kappa shape index (κ3) is 5.51. The number of methoxy groups -OCH3 is 1. The van der Waals surface area contributed by atoms with Crippen LogP contribution >= 0.6 is 0 Å². The van der Waals surface area contributed by atoms with E-state index in [1.807, 2.05) is 24.3 Å². The highest BCUT2D eigenvalue weighted by Gasteiger charge is 2.24. The molecule has 128 valence electrons. The summed E-state index contributed by atoms with van der Waals surface area (Å²) < 4.78 is 30.6. The number of sulfonamides is 1. The maximum atomic E-state index is 12.0. The van der Waals surface area contributed by atoms with Gasteiger partial charge >= 0.3 is 0 Å². The molecule has 0 atom stereocenters. The van der Waals surface area contributed by atoms with E-state index >= 15 is 0 Å². The van der Waals surface area contributed by atoms with E-state index in [1.165, 1.54) is 4.31 Å². The third-order valence-electron chi connectivity index (χ3n) is 3.94. The Hall–Kier alpha value is -1.60. The minimum atomic E-state index is -3.23. The van der Waals surface area contributed by atoms with Crippen molar-refractivity contribution < 1.29 is 17.9 Å². The summed E-state index contributed by atoms with van der Waals surface area (Å²) in [6.07, 6.45) is 2.81. The van der Waals surface area contributed by atoms with E-state index in [9.17, 15) is 13.2 Å². The van der Waals surface area contributed by atoms with E-state index < -0.39 is 10.0 Å². The van der Waals surface area contributed by atoms with Crippen molar-refractivity contribution in [3.8, 4) is 5.75 Å². The van der Waals surface area contributed by atoms with Gasteiger partial charge in [0, 0.05) is 26.1 Å². The minimum absolute atomic E-state index is 0.0265. The van der Waals surface area contributed by atoms with Gasteiger partial charge in [-0.1, -0.05) is 12.1 Å². The van der Waals surface area contributed by atoms with Gasteiger partial charge in [-0.3, -0.25) is 4.79 Å². The molecule has 23 heavy (non-hydrogen) atoms. The molecule has 1 N–H and O–H groups in total. The molecular weight excluding hydrogens is 316 g/mol. The molecule has 0 unspecified atom stereocenters. The summed E-state index contributed by atoms with van der Waals surface area (Å²) in [5, 5.41) is 2.69. The molecule has 0 bridgehead atoms. The molecule has 0 aliphatic carbocycles. The van der Waals surface area contributed by atoms with Gasteiger partial charge in [0.15, 0.2) is 0 Å². The van der Waals surface area contributed by atoms with E-state index in [1.54, 1.807) is 7.11 Å². The fourth-order valence-corrected chi connectivity index (χ4v) is 3.99. The molecule has 1 aliphatic heterocycles. The van der Waals surface area contributed by atoms with Crippen molar-refractivity contribution in [1.82, 2.24) is 9.62 Å². The summed E-state index contributed by atoms with van der Waals surface area (Å²) >= 11 is 0. The number of hydrogen-bond donors (Lipinski definition) is 1. The predicted octanol–water partition coefficient (Wildman–Crippen LogP) is 1.17. The number of rotatable bonds is 8. The lowest BCUT2D eigenvalue weighted by molar-refractivity contribution is -0.120. The summed E-state index contributed by atoms with van der Waals surface area (Å²) in [6.45, 7) is 1.38. The van der Waals surface area contributed by atoms with Gasteiger partial charge in [0.25, 0.3) is 0 Å². The van der Waals surface area contributed by atoms with Crippen molar-refractivity contribution in [2.24, 2.45) is 0 Å². The first kappa shape index (κ1) is 17.7. The van der Waals surface area contributed by atoms with Gasteiger partial charge in [0.05, 0.1) is 12.9 Å². The second kappa shape index (κ2) is 8.31. The van der Waals surface area contributed by atoms with Crippen LogP contribution in [0, 0.1) is 0 Å². The topological polar surface area (TPSA) is 75.7 Å². The summed E-state index contributed by atoms with van der Waals surface area (Å²) in [7, 11) is -1.62. The van der Waals surface area contributed by atoms with Crippen LogP contribution in [0.15, 0.2) is 24.3 Å². The monoisotopic (exact) mass is 340 g/mol. The molecule has 1 heterocycles. The Morgan fingerprint density at radius 3 is 2.48 bits per heavy atom. The van der Waals surface area contributed by atoms with Gasteiger partial charge in [0.1, 0.15) is 5.75 Å². The third-order valence-corrected chi connectivity index (χ3v) is 5.81. The zero-order chi connectivity index (χ0) is 16.7. The smallest absolute Gasteiger partial charge is 0.220 e.